The number of carboxylic acids is 1. The van der Waals surface area contributed by atoms with E-state index in [0.717, 1.165) is 6.26 Å². The fourth-order valence-electron chi connectivity index (χ4n) is 1.20. The van der Waals surface area contributed by atoms with Gasteiger partial charge in [-0.2, -0.15) is 8.78 Å². The Morgan fingerprint density at radius 2 is 1.65 bits per heavy atom. The number of carbonyl (C=O) groups is 1. The molecule has 0 saturated carbocycles. The molecule has 0 bridgehead atoms. The summed E-state index contributed by atoms with van der Waals surface area (Å²) in [6.07, 6.45) is 1.03. The number of carboxylic acid groups (broad SMARTS) is 1. The fourth-order valence-corrected chi connectivity index (χ4v) is 1.20. The van der Waals surface area contributed by atoms with E-state index in [-0.39, 0.29) is 32.5 Å². The Kier molecular flexibility index (Phi) is 7.36. The quantitative estimate of drug-likeness (QED) is 0.288. The Morgan fingerprint density at radius 1 is 1.15 bits per heavy atom. The first kappa shape index (κ1) is 18.5. The maximum absolute atomic E-state index is 13.3. The Morgan fingerprint density at radius 3 is 2.05 bits per heavy atom. The summed E-state index contributed by atoms with van der Waals surface area (Å²) in [6.45, 7) is 2.62. The van der Waals surface area contributed by atoms with Crippen LogP contribution in [0.4, 0.5) is 17.6 Å². The van der Waals surface area contributed by atoms with E-state index in [0.29, 0.717) is 0 Å². The van der Waals surface area contributed by atoms with Crippen LogP contribution in [-0.4, -0.2) is 47.3 Å². The van der Waals surface area contributed by atoms with Crippen molar-refractivity contribution in [3.8, 4) is 5.75 Å². The van der Waals surface area contributed by atoms with Crippen molar-refractivity contribution in [3.63, 3.8) is 0 Å². The van der Waals surface area contributed by atoms with Gasteiger partial charge < -0.3 is 17.4 Å². The molecule has 0 aliphatic carbocycles. The van der Waals surface area contributed by atoms with E-state index in [1.165, 1.54) is 0 Å². The number of halogens is 4. The van der Waals surface area contributed by atoms with E-state index < -0.39 is 47.2 Å². The van der Waals surface area contributed by atoms with Gasteiger partial charge in [-0.25, -0.2) is 13.6 Å². The maximum atomic E-state index is 13.3. The normalized spacial score (nSPS) is 9.60. The molecule has 0 fully saturated rings. The number of hydrogen-bond acceptors (Lipinski definition) is 3. The molecule has 9 heteroatoms. The van der Waals surface area contributed by atoms with Crippen molar-refractivity contribution in [2.45, 2.75) is 0 Å². The zero-order valence-electron chi connectivity index (χ0n) is 12.1. The second-order valence-corrected chi connectivity index (χ2v) is 3.15. The molecule has 0 heterocycles. The maximum Gasteiger partial charge on any atom is 2.00 e. The van der Waals surface area contributed by atoms with E-state index in [4.69, 9.17) is 5.11 Å². The second-order valence-electron chi connectivity index (χ2n) is 3.15. The third-order valence-corrected chi connectivity index (χ3v) is 2.00. The second kappa shape index (κ2) is 7.95. The van der Waals surface area contributed by atoms with E-state index in [1.807, 2.05) is 0 Å². The summed E-state index contributed by atoms with van der Waals surface area (Å²) in [5, 5.41) is 8.45. The average Bonchev–Trinajstić information content (AvgIpc) is 2.35. The molecule has 0 atom stereocenters. The molecule has 0 amide bonds. The molecular formula is C11H10F4MgO4. The van der Waals surface area contributed by atoms with Crippen LogP contribution in [0, 0.1) is 23.3 Å². The van der Waals surface area contributed by atoms with Gasteiger partial charge in [-0.3, -0.25) is 0 Å². The number of aromatic carboxylic acids is 1. The molecule has 1 aromatic rings. The summed E-state index contributed by atoms with van der Waals surface area (Å²) in [4.78, 5) is 10.5. The van der Waals surface area contributed by atoms with Gasteiger partial charge in [0.15, 0.2) is 17.4 Å². The largest absolute Gasteiger partial charge is 2.00 e. The molecule has 0 aromatic heterocycles. The predicted octanol–water partition coefficient (Wildman–Crippen LogP) is 2.32. The number of ether oxygens (including phenoxy) is 2. The number of hydrogen-bond donors (Lipinski definition) is 1. The third kappa shape index (κ3) is 3.76. The van der Waals surface area contributed by atoms with Crippen LogP contribution >= 0.6 is 0 Å². The Balaban J connectivity index is -0.00000120. The van der Waals surface area contributed by atoms with E-state index >= 15 is 0 Å². The van der Waals surface area contributed by atoms with Crippen LogP contribution in [0.1, 0.15) is 13.2 Å². The molecule has 108 valence electrons. The van der Waals surface area contributed by atoms with Crippen LogP contribution < -0.4 is 4.74 Å². The van der Waals surface area contributed by atoms with Crippen molar-refractivity contribution in [2.75, 3.05) is 13.2 Å². The molecule has 1 N–H and O–H groups in total. The van der Waals surface area contributed by atoms with Gasteiger partial charge in [0.1, 0.15) is 18.8 Å². The van der Waals surface area contributed by atoms with Gasteiger partial charge in [0.05, 0.1) is 6.26 Å². The Labute approximate surface area is 130 Å². The van der Waals surface area contributed by atoms with E-state index in [1.54, 1.807) is 0 Å². The summed E-state index contributed by atoms with van der Waals surface area (Å²) in [5.74, 6) is -11.4. The first-order valence-electron chi connectivity index (χ1n) is 4.86. The zero-order chi connectivity index (χ0) is 14.6. The smallest absolute Gasteiger partial charge is 1.00 e. The average molecular weight is 306 g/mol. The molecular weight excluding hydrogens is 296 g/mol. The van der Waals surface area contributed by atoms with Crippen molar-refractivity contribution in [2.24, 2.45) is 0 Å². The van der Waals surface area contributed by atoms with Gasteiger partial charge in [0, 0.05) is 0 Å². The zero-order valence-corrected chi connectivity index (χ0v) is 11.5. The number of benzene rings is 1. The van der Waals surface area contributed by atoms with Gasteiger partial charge in [-0.1, -0.05) is 6.58 Å². The molecule has 0 aliphatic rings. The van der Waals surface area contributed by atoms with Crippen LogP contribution in [0.25, 0.3) is 0 Å². The van der Waals surface area contributed by atoms with Crippen molar-refractivity contribution in [1.82, 2.24) is 0 Å². The molecule has 4 nitrogen and oxygen atoms in total. The molecule has 0 spiro atoms. The topological polar surface area (TPSA) is 55.8 Å². The minimum absolute atomic E-state index is 0. The van der Waals surface area contributed by atoms with Crippen LogP contribution in [-0.2, 0) is 4.74 Å². The fraction of sp³-hybridized carbons (Fsp3) is 0.182. The van der Waals surface area contributed by atoms with E-state index in [2.05, 4.69) is 16.1 Å². The van der Waals surface area contributed by atoms with Gasteiger partial charge >= 0.3 is 29.0 Å². The van der Waals surface area contributed by atoms with E-state index in [9.17, 15) is 22.4 Å². The summed E-state index contributed by atoms with van der Waals surface area (Å²) >= 11 is 0. The first-order valence-corrected chi connectivity index (χ1v) is 4.86. The van der Waals surface area contributed by atoms with Gasteiger partial charge in [0.2, 0.25) is 11.6 Å². The van der Waals surface area contributed by atoms with Crippen LogP contribution in [0.5, 0.6) is 5.75 Å². The molecule has 0 unspecified atom stereocenters. The summed E-state index contributed by atoms with van der Waals surface area (Å²) in [5.41, 5.74) is -1.72. The number of rotatable bonds is 6. The van der Waals surface area contributed by atoms with Gasteiger partial charge in [-0.05, 0) is 0 Å². The third-order valence-electron chi connectivity index (χ3n) is 2.00. The first-order chi connectivity index (χ1) is 8.91. The predicted molar refractivity (Wildman–Crippen MR) is 62.9 cm³/mol. The van der Waals surface area contributed by atoms with Crippen molar-refractivity contribution in [3.05, 3.63) is 41.7 Å². The summed E-state index contributed by atoms with van der Waals surface area (Å²) in [7, 11) is 0. The summed E-state index contributed by atoms with van der Waals surface area (Å²) in [6, 6.07) is 0. The van der Waals surface area contributed by atoms with Crippen molar-refractivity contribution < 1.29 is 39.8 Å². The molecule has 0 aliphatic heterocycles. The van der Waals surface area contributed by atoms with Crippen molar-refractivity contribution >= 4 is 29.0 Å². The SMILES string of the molecule is C=COCCOc1c(F)c(F)c(C(=O)O)c(F)c1F.[H-].[H-].[Mg+2]. The van der Waals surface area contributed by atoms with Crippen LogP contribution in [0.2, 0.25) is 0 Å². The minimum Gasteiger partial charge on any atom is -1.00 e. The Bertz CT molecular complexity index is 502. The van der Waals surface area contributed by atoms with Crippen LogP contribution in [0.3, 0.4) is 0 Å². The van der Waals surface area contributed by atoms with Crippen LogP contribution in [0.15, 0.2) is 12.8 Å². The molecule has 20 heavy (non-hydrogen) atoms. The summed E-state index contributed by atoms with van der Waals surface area (Å²) < 4.78 is 62.2. The van der Waals surface area contributed by atoms with Crippen molar-refractivity contribution in [1.29, 1.82) is 0 Å². The van der Waals surface area contributed by atoms with Gasteiger partial charge in [-0.15, -0.1) is 0 Å². The Hall–Kier alpha value is -1.48. The minimum atomic E-state index is -2.13. The molecule has 0 saturated heterocycles. The monoisotopic (exact) mass is 306 g/mol. The molecule has 1 aromatic carbocycles. The molecule has 1 rings (SSSR count). The van der Waals surface area contributed by atoms with Gasteiger partial charge in [0.25, 0.3) is 0 Å². The molecule has 0 radical (unpaired) electrons. The standard InChI is InChI=1S/C11H8F4O4.Mg.2H/c1-2-18-3-4-19-10-8(14)6(12)5(11(16)17)7(13)9(10)15;;;/h2H,1,3-4H2,(H,16,17);;;/q;+2;2*-1.